The van der Waals surface area contributed by atoms with Crippen LogP contribution in [0, 0.1) is 0 Å². The molecule has 0 aromatic carbocycles. The highest BCUT2D eigenvalue weighted by molar-refractivity contribution is 6.07. The Labute approximate surface area is 54.3 Å². The van der Waals surface area contributed by atoms with Crippen molar-refractivity contribution in [1.82, 2.24) is 5.32 Å². The topological polar surface area (TPSA) is 31.2 Å². The summed E-state index contributed by atoms with van der Waals surface area (Å²) >= 11 is 0. The lowest BCUT2D eigenvalue weighted by atomic mass is 10.1. The van der Waals surface area contributed by atoms with Gasteiger partial charge in [0.15, 0.2) is 5.78 Å². The number of carbonyl (C=O) groups is 1. The van der Waals surface area contributed by atoms with Crippen molar-refractivity contribution < 1.29 is 4.79 Å². The van der Waals surface area contributed by atoms with Gasteiger partial charge in [-0.05, 0) is 13.8 Å². The van der Waals surface area contributed by atoms with E-state index in [9.17, 15) is 4.79 Å². The van der Waals surface area contributed by atoms with Crippen molar-refractivity contribution in [2.75, 3.05) is 0 Å². The summed E-state index contributed by atoms with van der Waals surface area (Å²) < 4.78 is 0. The summed E-state index contributed by atoms with van der Waals surface area (Å²) in [7, 11) is 0. The average molecular weight is 122 g/mol. The van der Waals surface area contributed by atoms with Crippen LogP contribution >= 0.6 is 0 Å². The number of ketones is 1. The van der Waals surface area contributed by atoms with Crippen LogP contribution < -0.4 is 5.32 Å². The average Bonchev–Trinajstić information content (AvgIpc) is 1.83. The first kappa shape index (κ1) is 6.08. The molecule has 0 aromatic rings. The monoisotopic (exact) mass is 122 g/mol. The van der Waals surface area contributed by atoms with Crippen LogP contribution in [0.3, 0.4) is 0 Å². The number of carbonyl (C=O) groups excluding carboxylic acids is 1. The molecule has 2 heteroatoms. The van der Waals surface area contributed by atoms with Crippen molar-refractivity contribution >= 4 is 5.78 Å². The Morgan fingerprint density at radius 2 is 1.67 bits per heavy atom. The first-order chi connectivity index (χ1) is 4.22. The van der Waals surface area contributed by atoms with E-state index in [-0.39, 0.29) is 5.78 Å². The molecule has 0 atom stereocenters. The second-order valence-corrected chi connectivity index (χ2v) is 2.10. The van der Waals surface area contributed by atoms with E-state index in [1.807, 2.05) is 0 Å². The lowest BCUT2D eigenvalue weighted by Crippen LogP contribution is -2.09. The zero-order valence-electron chi connectivity index (χ0n) is 5.51. The molecule has 2 nitrogen and oxygen atoms in total. The van der Waals surface area contributed by atoms with Crippen molar-refractivity contribution in [1.29, 1.82) is 0 Å². The van der Waals surface area contributed by atoms with Crippen LogP contribution in [0.25, 0.3) is 0 Å². The number of allylic oxidation sites excluding steroid dienone is 2. The van der Waals surface area contributed by atoms with E-state index in [1.165, 1.54) is 0 Å². The molecule has 1 aliphatic heterocycles. The number of hydrogen-bond acceptors (Lipinski definition) is 1. The molecule has 0 unspecified atom stereocenters. The number of hydrogen-bond donors (Lipinski definition) is 0. The third kappa shape index (κ3) is 1.02. The van der Waals surface area contributed by atoms with E-state index in [4.69, 9.17) is 0 Å². The van der Waals surface area contributed by atoms with Crippen LogP contribution in [-0.4, -0.2) is 5.78 Å². The molecule has 0 N–H and O–H groups in total. The predicted octanol–water partition coefficient (Wildman–Crippen LogP) is 0.981. The fourth-order valence-corrected chi connectivity index (χ4v) is 0.689. The quantitative estimate of drug-likeness (QED) is 0.471. The Hall–Kier alpha value is -1.05. The minimum atomic E-state index is 0.102. The van der Waals surface area contributed by atoms with Gasteiger partial charge in [0.05, 0.1) is 0 Å². The van der Waals surface area contributed by atoms with Crippen molar-refractivity contribution in [3.8, 4) is 0 Å². The van der Waals surface area contributed by atoms with Gasteiger partial charge < -0.3 is 0 Å². The maximum Gasteiger partial charge on any atom is 0.187 e. The fraction of sp³-hybridized carbons (Fsp3) is 0.286. The van der Waals surface area contributed by atoms with Gasteiger partial charge >= 0.3 is 0 Å². The molecule has 1 aliphatic rings. The van der Waals surface area contributed by atoms with Gasteiger partial charge in [-0.2, -0.15) is 0 Å². The first-order valence-corrected chi connectivity index (χ1v) is 2.80. The third-order valence-corrected chi connectivity index (χ3v) is 1.25. The maximum atomic E-state index is 10.9. The molecule has 9 heavy (non-hydrogen) atoms. The molecule has 0 aliphatic carbocycles. The van der Waals surface area contributed by atoms with Crippen LogP contribution in [0.2, 0.25) is 0 Å². The zero-order valence-corrected chi connectivity index (χ0v) is 5.51. The van der Waals surface area contributed by atoms with Gasteiger partial charge in [-0.3, -0.25) is 10.1 Å². The lowest BCUT2D eigenvalue weighted by Gasteiger charge is -2.04. The van der Waals surface area contributed by atoms with Crippen LogP contribution in [0.15, 0.2) is 23.5 Å². The largest absolute Gasteiger partial charge is 0.289 e. The van der Waals surface area contributed by atoms with Crippen LogP contribution in [0.1, 0.15) is 13.8 Å². The lowest BCUT2D eigenvalue weighted by molar-refractivity contribution is -0.112. The van der Waals surface area contributed by atoms with Gasteiger partial charge in [0.25, 0.3) is 0 Å². The molecule has 1 radical (unpaired) electrons. The molecule has 0 spiro atoms. The smallest absolute Gasteiger partial charge is 0.187 e. The summed E-state index contributed by atoms with van der Waals surface area (Å²) in [5, 5.41) is 3.84. The molecule has 0 saturated heterocycles. The molecule has 0 aromatic heterocycles. The van der Waals surface area contributed by atoms with Gasteiger partial charge in [0.1, 0.15) is 0 Å². The third-order valence-electron chi connectivity index (χ3n) is 1.25. The molecule has 0 amide bonds. The number of rotatable bonds is 0. The van der Waals surface area contributed by atoms with Crippen LogP contribution in [-0.2, 0) is 4.79 Å². The standard InChI is InChI=1S/C7H8NO/c1-5-3-8-4-6(2)7(5)9/h3-4H,1-2H3. The second-order valence-electron chi connectivity index (χ2n) is 2.10. The summed E-state index contributed by atoms with van der Waals surface area (Å²) in [6.45, 7) is 3.53. The molecule has 0 saturated carbocycles. The normalized spacial score (nSPS) is 18.2. The van der Waals surface area contributed by atoms with Gasteiger partial charge in [0.2, 0.25) is 0 Å². The highest BCUT2D eigenvalue weighted by Gasteiger charge is 2.09. The van der Waals surface area contributed by atoms with Crippen LogP contribution in [0.4, 0.5) is 0 Å². The molecule has 0 bridgehead atoms. The van der Waals surface area contributed by atoms with E-state index in [0.29, 0.717) is 0 Å². The van der Waals surface area contributed by atoms with Crippen LogP contribution in [0.5, 0.6) is 0 Å². The summed E-state index contributed by atoms with van der Waals surface area (Å²) in [6, 6.07) is 0. The van der Waals surface area contributed by atoms with Gasteiger partial charge in [-0.1, -0.05) is 0 Å². The SMILES string of the molecule is CC1=C[N]C=C(C)C1=O. The Bertz CT molecular complexity index is 181. The van der Waals surface area contributed by atoms with Crippen molar-refractivity contribution in [3.05, 3.63) is 23.5 Å². The summed E-state index contributed by atoms with van der Waals surface area (Å²) in [5.74, 6) is 0.102. The molecule has 47 valence electrons. The predicted molar refractivity (Wildman–Crippen MR) is 34.7 cm³/mol. The zero-order chi connectivity index (χ0) is 6.85. The molecule has 1 rings (SSSR count). The van der Waals surface area contributed by atoms with Crippen molar-refractivity contribution in [3.63, 3.8) is 0 Å². The van der Waals surface area contributed by atoms with E-state index >= 15 is 0 Å². The minimum absolute atomic E-state index is 0.102. The summed E-state index contributed by atoms with van der Waals surface area (Å²) in [6.07, 6.45) is 3.16. The highest BCUT2D eigenvalue weighted by Crippen LogP contribution is 2.07. The highest BCUT2D eigenvalue weighted by atomic mass is 16.1. The second kappa shape index (κ2) is 2.05. The first-order valence-electron chi connectivity index (χ1n) is 2.80. The molecular weight excluding hydrogens is 114 g/mol. The van der Waals surface area contributed by atoms with E-state index in [0.717, 1.165) is 11.1 Å². The van der Waals surface area contributed by atoms with Crippen molar-refractivity contribution in [2.24, 2.45) is 0 Å². The van der Waals surface area contributed by atoms with Gasteiger partial charge in [-0.25, -0.2) is 0 Å². The molecule has 0 fully saturated rings. The maximum absolute atomic E-state index is 10.9. The Morgan fingerprint density at radius 3 is 2.00 bits per heavy atom. The Kier molecular flexibility index (Phi) is 1.39. The van der Waals surface area contributed by atoms with E-state index in [1.54, 1.807) is 26.2 Å². The number of Topliss-reactive ketones (excluding diaryl/α,β-unsaturated/α-hetero) is 1. The Morgan fingerprint density at radius 1 is 1.22 bits per heavy atom. The van der Waals surface area contributed by atoms with Gasteiger partial charge in [-0.15, -0.1) is 0 Å². The number of nitrogens with zero attached hydrogens (tertiary/aromatic N) is 1. The summed E-state index contributed by atoms with van der Waals surface area (Å²) in [4.78, 5) is 10.9. The summed E-state index contributed by atoms with van der Waals surface area (Å²) in [5.41, 5.74) is 1.44. The fourth-order valence-electron chi connectivity index (χ4n) is 0.689. The van der Waals surface area contributed by atoms with E-state index < -0.39 is 0 Å². The van der Waals surface area contributed by atoms with Gasteiger partial charge in [0, 0.05) is 23.5 Å². The minimum Gasteiger partial charge on any atom is -0.289 e. The molecular formula is C7H8NO. The van der Waals surface area contributed by atoms with E-state index in [2.05, 4.69) is 5.32 Å². The Balaban J connectivity index is 2.86. The molecule has 1 heterocycles. The van der Waals surface area contributed by atoms with Crippen molar-refractivity contribution in [2.45, 2.75) is 13.8 Å².